The van der Waals surface area contributed by atoms with Crippen LogP contribution in [0.4, 0.5) is 5.82 Å². The van der Waals surface area contributed by atoms with E-state index in [0.717, 1.165) is 0 Å². The molecule has 0 radical (unpaired) electrons. The van der Waals surface area contributed by atoms with E-state index in [1.807, 2.05) is 0 Å². The predicted molar refractivity (Wildman–Crippen MR) is 84.6 cm³/mol. The summed E-state index contributed by atoms with van der Waals surface area (Å²) in [5.41, 5.74) is 0.524. The van der Waals surface area contributed by atoms with Crippen LogP contribution in [0.15, 0.2) is 30.5 Å². The molecule has 0 saturated carbocycles. The number of benzene rings is 1. The largest absolute Gasteiger partial charge is 0.483 e. The van der Waals surface area contributed by atoms with Crippen LogP contribution in [0, 0.1) is 10.1 Å². The summed E-state index contributed by atoms with van der Waals surface area (Å²) in [6.45, 7) is 2.34. The molecular formula is C13H12Cl3N3O3. The van der Waals surface area contributed by atoms with Gasteiger partial charge in [0.1, 0.15) is 11.9 Å². The maximum absolute atomic E-state index is 10.9. The summed E-state index contributed by atoms with van der Waals surface area (Å²) in [5, 5.41) is 10.9. The molecule has 0 unspecified atom stereocenters. The lowest BCUT2D eigenvalue weighted by atomic mass is 10.2. The Balaban J connectivity index is 2.09. The summed E-state index contributed by atoms with van der Waals surface area (Å²) in [4.78, 5) is 14.4. The van der Waals surface area contributed by atoms with E-state index in [2.05, 4.69) is 4.98 Å². The zero-order chi connectivity index (χ0) is 16.3. The fraction of sp³-hybridized carbons (Fsp3) is 0.308. The Kier molecular flexibility index (Phi) is 5.16. The van der Waals surface area contributed by atoms with Gasteiger partial charge in [-0.2, -0.15) is 0 Å². The van der Waals surface area contributed by atoms with Gasteiger partial charge in [0.2, 0.25) is 9.62 Å². The third kappa shape index (κ3) is 3.82. The van der Waals surface area contributed by atoms with Crippen LogP contribution in [-0.2, 0) is 16.9 Å². The van der Waals surface area contributed by atoms with E-state index in [1.165, 1.54) is 10.8 Å². The molecule has 0 saturated heterocycles. The van der Waals surface area contributed by atoms with Gasteiger partial charge in [-0.25, -0.2) is 9.55 Å². The zero-order valence-corrected chi connectivity index (χ0v) is 13.8. The highest BCUT2D eigenvalue weighted by molar-refractivity contribution is 6.66. The van der Waals surface area contributed by atoms with E-state index in [-0.39, 0.29) is 12.4 Å². The first-order chi connectivity index (χ1) is 10.3. The Hall–Kier alpha value is -1.50. The standard InChI is InChI=1S/C13H12Cl3N3O3/c1-2-18-11(17-7-12(18)19(20)21)8-22-10-5-3-9(4-6-10)13(14,15)16/h3-7H,2,8H2,1H3. The molecule has 2 aromatic rings. The Morgan fingerprint density at radius 3 is 2.45 bits per heavy atom. The summed E-state index contributed by atoms with van der Waals surface area (Å²) in [6.07, 6.45) is 1.22. The van der Waals surface area contributed by atoms with Crippen molar-refractivity contribution in [3.63, 3.8) is 0 Å². The third-order valence-electron chi connectivity index (χ3n) is 2.97. The SMILES string of the molecule is CCn1c([N+](=O)[O-])cnc1COc1ccc(C(Cl)(Cl)Cl)cc1. The van der Waals surface area contributed by atoms with Crippen LogP contribution in [0.2, 0.25) is 0 Å². The second-order valence-electron chi connectivity index (χ2n) is 4.34. The molecule has 0 bridgehead atoms. The summed E-state index contributed by atoms with van der Waals surface area (Å²) >= 11 is 17.3. The maximum Gasteiger partial charge on any atom is 0.342 e. The molecule has 0 fully saturated rings. The van der Waals surface area contributed by atoms with Gasteiger partial charge in [0.15, 0.2) is 6.61 Å². The minimum Gasteiger partial charge on any atom is -0.483 e. The van der Waals surface area contributed by atoms with E-state index in [9.17, 15) is 10.1 Å². The zero-order valence-electron chi connectivity index (χ0n) is 11.5. The lowest BCUT2D eigenvalue weighted by Crippen LogP contribution is -2.08. The Bertz CT molecular complexity index is 665. The van der Waals surface area contributed by atoms with Crippen molar-refractivity contribution in [2.75, 3.05) is 0 Å². The van der Waals surface area contributed by atoms with Gasteiger partial charge in [-0.3, -0.25) is 0 Å². The number of nitrogens with zero attached hydrogens (tertiary/aromatic N) is 3. The first-order valence-corrected chi connectivity index (χ1v) is 7.45. The van der Waals surface area contributed by atoms with Crippen LogP contribution in [0.25, 0.3) is 0 Å². The van der Waals surface area contributed by atoms with Gasteiger partial charge in [0.25, 0.3) is 0 Å². The monoisotopic (exact) mass is 363 g/mol. The second kappa shape index (κ2) is 6.73. The summed E-state index contributed by atoms with van der Waals surface area (Å²) in [6, 6.07) is 6.59. The average Bonchev–Trinajstić information content (AvgIpc) is 2.87. The van der Waals surface area contributed by atoms with Crippen LogP contribution in [0.5, 0.6) is 5.75 Å². The second-order valence-corrected chi connectivity index (χ2v) is 6.63. The molecule has 0 aliphatic rings. The number of rotatable bonds is 5. The van der Waals surface area contributed by atoms with E-state index in [1.54, 1.807) is 31.2 Å². The van der Waals surface area contributed by atoms with Crippen LogP contribution < -0.4 is 4.74 Å². The number of alkyl halides is 3. The molecular weight excluding hydrogens is 353 g/mol. The molecule has 0 spiro atoms. The molecule has 0 N–H and O–H groups in total. The molecule has 118 valence electrons. The van der Waals surface area contributed by atoms with Gasteiger partial charge in [-0.05, 0) is 24.0 Å². The number of ether oxygens (including phenoxy) is 1. The van der Waals surface area contributed by atoms with Crippen molar-refractivity contribution >= 4 is 40.6 Å². The molecule has 22 heavy (non-hydrogen) atoms. The van der Waals surface area contributed by atoms with E-state index >= 15 is 0 Å². The van der Waals surface area contributed by atoms with Crippen molar-refractivity contribution in [2.24, 2.45) is 0 Å². The van der Waals surface area contributed by atoms with Crippen LogP contribution in [0.1, 0.15) is 18.3 Å². The number of aromatic nitrogens is 2. The fourth-order valence-corrected chi connectivity index (χ4v) is 2.28. The first-order valence-electron chi connectivity index (χ1n) is 6.31. The number of hydrogen-bond donors (Lipinski definition) is 0. The van der Waals surface area contributed by atoms with Gasteiger partial charge in [-0.15, -0.1) is 0 Å². The van der Waals surface area contributed by atoms with Gasteiger partial charge >= 0.3 is 5.82 Å². The molecule has 0 aliphatic heterocycles. The van der Waals surface area contributed by atoms with Crippen molar-refractivity contribution in [2.45, 2.75) is 23.9 Å². The molecule has 0 amide bonds. The van der Waals surface area contributed by atoms with E-state index < -0.39 is 8.72 Å². The minimum atomic E-state index is -1.49. The van der Waals surface area contributed by atoms with Crippen molar-refractivity contribution in [1.29, 1.82) is 0 Å². The molecule has 0 aliphatic carbocycles. The topological polar surface area (TPSA) is 70.2 Å². The van der Waals surface area contributed by atoms with Gasteiger partial charge in [0, 0.05) is 5.56 Å². The van der Waals surface area contributed by atoms with Crippen molar-refractivity contribution in [3.8, 4) is 5.75 Å². The highest BCUT2D eigenvalue weighted by Crippen LogP contribution is 2.38. The molecule has 6 nitrogen and oxygen atoms in total. The first kappa shape index (κ1) is 16.9. The van der Waals surface area contributed by atoms with Crippen LogP contribution in [0.3, 0.4) is 0 Å². The minimum absolute atomic E-state index is 0.0624. The smallest absolute Gasteiger partial charge is 0.342 e. The molecule has 2 rings (SSSR count). The quantitative estimate of drug-likeness (QED) is 0.452. The molecule has 1 heterocycles. The molecule has 0 atom stereocenters. The van der Waals surface area contributed by atoms with Gasteiger partial charge < -0.3 is 14.9 Å². The number of imidazole rings is 1. The Labute approximate surface area is 141 Å². The van der Waals surface area contributed by atoms with Crippen molar-refractivity contribution in [3.05, 3.63) is 52.0 Å². The molecule has 9 heteroatoms. The molecule has 1 aromatic carbocycles. The molecule has 1 aromatic heterocycles. The Morgan fingerprint density at radius 1 is 1.32 bits per heavy atom. The van der Waals surface area contributed by atoms with Gasteiger partial charge in [0.05, 0.1) is 6.54 Å². The highest BCUT2D eigenvalue weighted by Gasteiger charge is 2.22. The van der Waals surface area contributed by atoms with Gasteiger partial charge in [-0.1, -0.05) is 46.9 Å². The third-order valence-corrected chi connectivity index (χ3v) is 3.62. The summed E-state index contributed by atoms with van der Waals surface area (Å²) < 4.78 is 5.55. The fourth-order valence-electron chi connectivity index (χ4n) is 1.90. The average molecular weight is 365 g/mol. The lowest BCUT2D eigenvalue weighted by molar-refractivity contribution is -0.392. The van der Waals surface area contributed by atoms with Crippen LogP contribution >= 0.6 is 34.8 Å². The Morgan fingerprint density at radius 2 is 1.95 bits per heavy atom. The number of hydrogen-bond acceptors (Lipinski definition) is 4. The normalized spacial score (nSPS) is 11.5. The number of halogens is 3. The predicted octanol–water partition coefficient (Wildman–Crippen LogP) is 4.22. The van der Waals surface area contributed by atoms with Crippen molar-refractivity contribution < 1.29 is 9.66 Å². The summed E-state index contributed by atoms with van der Waals surface area (Å²) in [7, 11) is 0. The lowest BCUT2D eigenvalue weighted by Gasteiger charge is -2.12. The summed E-state index contributed by atoms with van der Waals surface area (Å²) in [5.74, 6) is 0.957. The van der Waals surface area contributed by atoms with E-state index in [4.69, 9.17) is 39.5 Å². The van der Waals surface area contributed by atoms with E-state index in [0.29, 0.717) is 23.7 Å². The van der Waals surface area contributed by atoms with Crippen LogP contribution in [-0.4, -0.2) is 14.5 Å². The highest BCUT2D eigenvalue weighted by atomic mass is 35.6. The maximum atomic E-state index is 10.9. The number of nitro groups is 1. The van der Waals surface area contributed by atoms with Crippen molar-refractivity contribution in [1.82, 2.24) is 9.55 Å².